The summed E-state index contributed by atoms with van der Waals surface area (Å²) in [5.41, 5.74) is 2.87. The Bertz CT molecular complexity index is 792. The second-order valence-corrected chi connectivity index (χ2v) is 6.14. The van der Waals surface area contributed by atoms with E-state index in [1.54, 1.807) is 19.2 Å². The van der Waals surface area contributed by atoms with Gasteiger partial charge in [-0.05, 0) is 24.6 Å². The van der Waals surface area contributed by atoms with E-state index in [0.717, 1.165) is 23.4 Å². The van der Waals surface area contributed by atoms with E-state index in [0.29, 0.717) is 12.2 Å². The van der Waals surface area contributed by atoms with Gasteiger partial charge in [0, 0.05) is 29.8 Å². The van der Waals surface area contributed by atoms with E-state index in [-0.39, 0.29) is 28.7 Å². The Kier molecular flexibility index (Phi) is 3.61. The summed E-state index contributed by atoms with van der Waals surface area (Å²) in [4.78, 5) is 11.1. The normalized spacial score (nSPS) is 24.6. The van der Waals surface area contributed by atoms with E-state index >= 15 is 0 Å². The van der Waals surface area contributed by atoms with Crippen LogP contribution in [0.5, 0.6) is 5.75 Å². The molecule has 0 aliphatic carbocycles. The molecule has 24 heavy (non-hydrogen) atoms. The molecule has 2 aromatic carbocycles. The lowest BCUT2D eigenvalue weighted by molar-refractivity contribution is -0.385. The minimum absolute atomic E-state index is 0.0684. The largest absolute Gasteiger partial charge is 0.497 e. The van der Waals surface area contributed by atoms with E-state index in [9.17, 15) is 10.1 Å². The maximum Gasteiger partial charge on any atom is 0.274 e. The fourth-order valence-corrected chi connectivity index (χ4v) is 3.80. The van der Waals surface area contributed by atoms with Crippen molar-refractivity contribution in [2.24, 2.45) is 5.92 Å². The summed E-state index contributed by atoms with van der Waals surface area (Å²) < 4.78 is 11.3. The van der Waals surface area contributed by atoms with Crippen LogP contribution in [0.1, 0.15) is 29.7 Å². The first kappa shape index (κ1) is 15.0. The van der Waals surface area contributed by atoms with Gasteiger partial charge in [0.05, 0.1) is 29.7 Å². The Morgan fingerprint density at radius 1 is 1.25 bits per heavy atom. The number of rotatable bonds is 3. The average Bonchev–Trinajstić information content (AvgIpc) is 3.10. The fourth-order valence-electron chi connectivity index (χ4n) is 3.80. The van der Waals surface area contributed by atoms with Gasteiger partial charge in [-0.15, -0.1) is 0 Å². The predicted octanol–water partition coefficient (Wildman–Crippen LogP) is 3.85. The highest BCUT2D eigenvalue weighted by Gasteiger charge is 2.43. The zero-order valence-electron chi connectivity index (χ0n) is 13.3. The van der Waals surface area contributed by atoms with Crippen molar-refractivity contribution >= 4 is 11.4 Å². The topological polar surface area (TPSA) is 73.6 Å². The number of anilines is 1. The molecule has 1 fully saturated rings. The van der Waals surface area contributed by atoms with Crippen molar-refractivity contribution in [3.05, 3.63) is 63.7 Å². The van der Waals surface area contributed by atoms with Gasteiger partial charge in [-0.25, -0.2) is 0 Å². The molecule has 0 radical (unpaired) electrons. The molecule has 6 heteroatoms. The van der Waals surface area contributed by atoms with Crippen LogP contribution >= 0.6 is 0 Å². The van der Waals surface area contributed by atoms with E-state index in [2.05, 4.69) is 5.32 Å². The zero-order chi connectivity index (χ0) is 16.7. The summed E-state index contributed by atoms with van der Waals surface area (Å²) in [5, 5.41) is 14.9. The minimum atomic E-state index is -0.314. The van der Waals surface area contributed by atoms with Gasteiger partial charge in [0.15, 0.2) is 0 Å². The van der Waals surface area contributed by atoms with Gasteiger partial charge < -0.3 is 14.8 Å². The summed E-state index contributed by atoms with van der Waals surface area (Å²) in [6.07, 6.45) is 0.798. The van der Waals surface area contributed by atoms with Gasteiger partial charge in [-0.3, -0.25) is 10.1 Å². The number of benzene rings is 2. The average molecular weight is 326 g/mol. The van der Waals surface area contributed by atoms with Crippen LogP contribution in [0.2, 0.25) is 0 Å². The van der Waals surface area contributed by atoms with E-state index < -0.39 is 0 Å². The number of nitro groups is 1. The number of para-hydroxylation sites is 1. The molecule has 6 nitrogen and oxygen atoms in total. The molecular weight excluding hydrogens is 308 g/mol. The lowest BCUT2D eigenvalue weighted by atomic mass is 9.80. The van der Waals surface area contributed by atoms with Crippen LogP contribution in [0.3, 0.4) is 0 Å². The van der Waals surface area contributed by atoms with E-state index in [1.807, 2.05) is 30.3 Å². The first-order valence-corrected chi connectivity index (χ1v) is 7.98. The SMILES string of the molecule is COc1ccc2c(c1)C1OCCC1C(c1ccccc1[N+](=O)[O-])N2. The highest BCUT2D eigenvalue weighted by Crippen LogP contribution is 2.51. The number of methoxy groups -OCH3 is 1. The molecule has 1 N–H and O–H groups in total. The van der Waals surface area contributed by atoms with Crippen LogP contribution in [0.4, 0.5) is 11.4 Å². The predicted molar refractivity (Wildman–Crippen MR) is 89.3 cm³/mol. The third-order valence-corrected chi connectivity index (χ3v) is 4.91. The summed E-state index contributed by atoms with van der Waals surface area (Å²) in [6, 6.07) is 12.6. The highest BCUT2D eigenvalue weighted by atomic mass is 16.6. The maximum absolute atomic E-state index is 11.4. The van der Waals surface area contributed by atoms with Crippen LogP contribution < -0.4 is 10.1 Å². The molecule has 3 unspecified atom stereocenters. The summed E-state index contributed by atoms with van der Waals surface area (Å²) in [6.45, 7) is 0.658. The van der Waals surface area contributed by atoms with Gasteiger partial charge in [0.1, 0.15) is 5.75 Å². The molecule has 2 aliphatic rings. The third-order valence-electron chi connectivity index (χ3n) is 4.91. The number of nitrogens with one attached hydrogen (secondary N) is 1. The maximum atomic E-state index is 11.4. The summed E-state index contributed by atoms with van der Waals surface area (Å²) in [7, 11) is 1.64. The highest BCUT2D eigenvalue weighted by molar-refractivity contribution is 5.61. The van der Waals surface area contributed by atoms with Crippen LogP contribution in [-0.4, -0.2) is 18.6 Å². The van der Waals surface area contributed by atoms with Gasteiger partial charge >= 0.3 is 0 Å². The van der Waals surface area contributed by atoms with Crippen molar-refractivity contribution in [2.75, 3.05) is 19.0 Å². The lowest BCUT2D eigenvalue weighted by Crippen LogP contribution is -2.29. The number of nitrogens with zero attached hydrogens (tertiary/aromatic N) is 1. The van der Waals surface area contributed by atoms with Crippen molar-refractivity contribution in [1.29, 1.82) is 0 Å². The van der Waals surface area contributed by atoms with Gasteiger partial charge in [-0.1, -0.05) is 18.2 Å². The Morgan fingerprint density at radius 2 is 2.08 bits per heavy atom. The molecule has 2 heterocycles. The molecule has 0 amide bonds. The number of hydrogen-bond donors (Lipinski definition) is 1. The number of ether oxygens (including phenoxy) is 2. The molecule has 2 aromatic rings. The van der Waals surface area contributed by atoms with Gasteiger partial charge in [-0.2, -0.15) is 0 Å². The Labute approximate surface area is 139 Å². The number of nitro benzene ring substituents is 1. The van der Waals surface area contributed by atoms with Crippen molar-refractivity contribution in [2.45, 2.75) is 18.6 Å². The Hall–Kier alpha value is -2.60. The number of hydrogen-bond acceptors (Lipinski definition) is 5. The Morgan fingerprint density at radius 3 is 2.88 bits per heavy atom. The summed E-state index contributed by atoms with van der Waals surface area (Å²) >= 11 is 0. The molecule has 2 aliphatic heterocycles. The Balaban J connectivity index is 1.80. The van der Waals surface area contributed by atoms with E-state index in [4.69, 9.17) is 9.47 Å². The third kappa shape index (κ3) is 2.30. The van der Waals surface area contributed by atoms with Gasteiger partial charge in [0.25, 0.3) is 5.69 Å². The van der Waals surface area contributed by atoms with Gasteiger partial charge in [0.2, 0.25) is 0 Å². The lowest BCUT2D eigenvalue weighted by Gasteiger charge is -2.36. The molecule has 124 valence electrons. The van der Waals surface area contributed by atoms with Crippen molar-refractivity contribution in [3.63, 3.8) is 0 Å². The molecule has 1 saturated heterocycles. The molecule has 3 atom stereocenters. The van der Waals surface area contributed by atoms with Crippen LogP contribution in [0.25, 0.3) is 0 Å². The molecule has 0 saturated carbocycles. The van der Waals surface area contributed by atoms with Crippen molar-refractivity contribution in [1.82, 2.24) is 0 Å². The summed E-state index contributed by atoms with van der Waals surface area (Å²) in [5.74, 6) is 0.944. The second kappa shape index (κ2) is 5.79. The first-order valence-electron chi connectivity index (χ1n) is 7.98. The first-order chi connectivity index (χ1) is 11.7. The monoisotopic (exact) mass is 326 g/mol. The van der Waals surface area contributed by atoms with Crippen molar-refractivity contribution in [3.8, 4) is 5.75 Å². The second-order valence-electron chi connectivity index (χ2n) is 6.14. The minimum Gasteiger partial charge on any atom is -0.497 e. The standard InChI is InChI=1S/C18H18N2O4/c1-23-11-6-7-15-14(10-11)18-13(8-9-24-18)17(19-15)12-4-2-3-5-16(12)20(21)22/h2-7,10,13,17-19H,8-9H2,1H3. The quantitative estimate of drug-likeness (QED) is 0.685. The zero-order valence-corrected chi connectivity index (χ0v) is 13.3. The molecule has 0 aromatic heterocycles. The molecular formula is C18H18N2O4. The number of fused-ring (bicyclic) bond motifs is 3. The van der Waals surface area contributed by atoms with Crippen LogP contribution in [0.15, 0.2) is 42.5 Å². The smallest absolute Gasteiger partial charge is 0.274 e. The van der Waals surface area contributed by atoms with Crippen LogP contribution in [-0.2, 0) is 4.74 Å². The molecule has 0 spiro atoms. The molecule has 0 bridgehead atoms. The molecule has 4 rings (SSSR count). The van der Waals surface area contributed by atoms with Crippen LogP contribution in [0, 0.1) is 16.0 Å². The van der Waals surface area contributed by atoms with E-state index in [1.165, 1.54) is 0 Å². The fraction of sp³-hybridized carbons (Fsp3) is 0.333. The van der Waals surface area contributed by atoms with Crippen molar-refractivity contribution < 1.29 is 14.4 Å².